The Balaban J connectivity index is 2.86. The number of amides is 1. The van der Waals surface area contributed by atoms with Crippen molar-refractivity contribution in [3.8, 4) is 5.75 Å². The number of carbonyl (C=O) groups is 2. The van der Waals surface area contributed by atoms with E-state index in [0.717, 1.165) is 18.2 Å². The molecule has 0 unspecified atom stereocenters. The summed E-state index contributed by atoms with van der Waals surface area (Å²) in [5, 5.41) is 20.5. The van der Waals surface area contributed by atoms with Gasteiger partial charge in [0.05, 0.1) is 5.56 Å². The van der Waals surface area contributed by atoms with Crippen LogP contribution in [-0.2, 0) is 4.79 Å². The summed E-state index contributed by atoms with van der Waals surface area (Å²) in [4.78, 5) is 22.6. The molecule has 5 nitrogen and oxygen atoms in total. The Labute approximate surface area is 103 Å². The molecule has 98 valence electrons. The topological polar surface area (TPSA) is 86.6 Å². The molecule has 1 aromatic carbocycles. The van der Waals surface area contributed by atoms with Crippen molar-refractivity contribution in [1.29, 1.82) is 0 Å². The molecule has 18 heavy (non-hydrogen) atoms. The van der Waals surface area contributed by atoms with Crippen LogP contribution < -0.4 is 5.32 Å². The summed E-state index contributed by atoms with van der Waals surface area (Å²) in [6, 6.07) is 1.85. The van der Waals surface area contributed by atoms with Gasteiger partial charge in [-0.05, 0) is 24.6 Å². The third kappa shape index (κ3) is 3.44. The number of aromatic hydroxyl groups is 1. The molecule has 0 saturated carbocycles. The first-order valence-electron chi connectivity index (χ1n) is 5.48. The minimum atomic E-state index is -1.17. The van der Waals surface area contributed by atoms with E-state index in [9.17, 15) is 19.1 Å². The summed E-state index contributed by atoms with van der Waals surface area (Å²) < 4.78 is 12.9. The molecule has 1 atom stereocenters. The second kappa shape index (κ2) is 6.00. The molecule has 0 saturated heterocycles. The SMILES string of the molecule is CCC[C@@H](NC(=O)c1cc(F)ccc1O)C(=O)O. The second-order valence-electron chi connectivity index (χ2n) is 3.81. The summed E-state index contributed by atoms with van der Waals surface area (Å²) in [6.45, 7) is 1.78. The number of rotatable bonds is 5. The van der Waals surface area contributed by atoms with Gasteiger partial charge < -0.3 is 15.5 Å². The van der Waals surface area contributed by atoms with Crippen LogP contribution >= 0.6 is 0 Å². The lowest BCUT2D eigenvalue weighted by atomic mass is 10.1. The van der Waals surface area contributed by atoms with E-state index >= 15 is 0 Å². The minimum Gasteiger partial charge on any atom is -0.507 e. The number of hydrogen-bond acceptors (Lipinski definition) is 3. The van der Waals surface area contributed by atoms with E-state index in [1.807, 2.05) is 0 Å². The van der Waals surface area contributed by atoms with Crippen molar-refractivity contribution in [2.24, 2.45) is 0 Å². The fourth-order valence-corrected chi connectivity index (χ4v) is 1.47. The largest absolute Gasteiger partial charge is 0.507 e. The number of benzene rings is 1. The third-order valence-electron chi connectivity index (χ3n) is 2.38. The Morgan fingerprint density at radius 1 is 1.44 bits per heavy atom. The summed E-state index contributed by atoms with van der Waals surface area (Å²) in [7, 11) is 0. The summed E-state index contributed by atoms with van der Waals surface area (Å²) in [5.41, 5.74) is -0.280. The lowest BCUT2D eigenvalue weighted by molar-refractivity contribution is -0.139. The van der Waals surface area contributed by atoms with E-state index in [4.69, 9.17) is 5.11 Å². The number of carboxylic acids is 1. The highest BCUT2D eigenvalue weighted by Crippen LogP contribution is 2.17. The van der Waals surface area contributed by atoms with Gasteiger partial charge in [-0.3, -0.25) is 4.79 Å². The van der Waals surface area contributed by atoms with Crippen molar-refractivity contribution < 1.29 is 24.2 Å². The summed E-state index contributed by atoms with van der Waals surface area (Å²) in [5.74, 6) is -3.05. The molecule has 0 aromatic heterocycles. The Bertz CT molecular complexity index is 461. The maximum absolute atomic E-state index is 12.9. The van der Waals surface area contributed by atoms with Crippen LogP contribution in [0, 0.1) is 5.82 Å². The number of hydrogen-bond donors (Lipinski definition) is 3. The monoisotopic (exact) mass is 255 g/mol. The van der Waals surface area contributed by atoms with Gasteiger partial charge in [0.25, 0.3) is 5.91 Å². The molecule has 0 aliphatic rings. The van der Waals surface area contributed by atoms with Gasteiger partial charge >= 0.3 is 5.97 Å². The molecule has 3 N–H and O–H groups in total. The zero-order valence-corrected chi connectivity index (χ0v) is 9.81. The van der Waals surface area contributed by atoms with E-state index in [2.05, 4.69) is 5.32 Å². The Morgan fingerprint density at radius 3 is 2.67 bits per heavy atom. The number of carbonyl (C=O) groups excluding carboxylic acids is 1. The third-order valence-corrected chi connectivity index (χ3v) is 2.38. The molecular formula is C12H14FNO4. The number of phenols is 1. The zero-order valence-electron chi connectivity index (χ0n) is 9.81. The van der Waals surface area contributed by atoms with Gasteiger partial charge in [0, 0.05) is 0 Å². The number of phenolic OH excluding ortho intramolecular Hbond substituents is 1. The van der Waals surface area contributed by atoms with E-state index < -0.39 is 29.5 Å². The van der Waals surface area contributed by atoms with Crippen LogP contribution in [-0.4, -0.2) is 28.1 Å². The molecule has 1 rings (SSSR count). The maximum atomic E-state index is 12.9. The fourth-order valence-electron chi connectivity index (χ4n) is 1.47. The van der Waals surface area contributed by atoms with Crippen LogP contribution in [0.5, 0.6) is 5.75 Å². The van der Waals surface area contributed by atoms with Gasteiger partial charge in [0.15, 0.2) is 0 Å². The van der Waals surface area contributed by atoms with Crippen LogP contribution in [0.15, 0.2) is 18.2 Å². The quantitative estimate of drug-likeness (QED) is 0.744. The van der Waals surface area contributed by atoms with Gasteiger partial charge in [0.1, 0.15) is 17.6 Å². The van der Waals surface area contributed by atoms with Gasteiger partial charge in [-0.1, -0.05) is 13.3 Å². The zero-order chi connectivity index (χ0) is 13.7. The Kier molecular flexibility index (Phi) is 4.65. The van der Waals surface area contributed by atoms with Gasteiger partial charge in [0.2, 0.25) is 0 Å². The van der Waals surface area contributed by atoms with Crippen molar-refractivity contribution in [2.75, 3.05) is 0 Å². The van der Waals surface area contributed by atoms with Crippen LogP contribution in [0.2, 0.25) is 0 Å². The minimum absolute atomic E-state index is 0.261. The number of carboxylic acid groups (broad SMARTS) is 1. The Morgan fingerprint density at radius 2 is 2.11 bits per heavy atom. The first-order valence-corrected chi connectivity index (χ1v) is 5.48. The predicted octanol–water partition coefficient (Wildman–Crippen LogP) is 1.51. The highest BCUT2D eigenvalue weighted by Gasteiger charge is 2.21. The smallest absolute Gasteiger partial charge is 0.326 e. The Hall–Kier alpha value is -2.11. The van der Waals surface area contributed by atoms with Crippen LogP contribution in [0.25, 0.3) is 0 Å². The maximum Gasteiger partial charge on any atom is 0.326 e. The van der Waals surface area contributed by atoms with Crippen LogP contribution in [0.3, 0.4) is 0 Å². The lowest BCUT2D eigenvalue weighted by Crippen LogP contribution is -2.40. The van der Waals surface area contributed by atoms with Crippen molar-refractivity contribution in [2.45, 2.75) is 25.8 Å². The fraction of sp³-hybridized carbons (Fsp3) is 0.333. The average molecular weight is 255 g/mol. The van der Waals surface area contributed by atoms with Gasteiger partial charge in [-0.2, -0.15) is 0 Å². The molecule has 0 fully saturated rings. The molecule has 0 radical (unpaired) electrons. The summed E-state index contributed by atoms with van der Waals surface area (Å²) >= 11 is 0. The van der Waals surface area contributed by atoms with Crippen molar-refractivity contribution >= 4 is 11.9 Å². The molecular weight excluding hydrogens is 241 g/mol. The number of halogens is 1. The highest BCUT2D eigenvalue weighted by atomic mass is 19.1. The molecule has 0 heterocycles. The lowest BCUT2D eigenvalue weighted by Gasteiger charge is -2.14. The van der Waals surface area contributed by atoms with E-state index in [1.54, 1.807) is 6.92 Å². The normalized spacial score (nSPS) is 11.9. The second-order valence-corrected chi connectivity index (χ2v) is 3.81. The molecule has 0 aliphatic heterocycles. The standard InChI is InChI=1S/C12H14FNO4/c1-2-3-9(12(17)18)14-11(16)8-6-7(13)4-5-10(8)15/h4-6,9,15H,2-3H2,1H3,(H,14,16)(H,17,18)/t9-/m1/s1. The van der Waals surface area contributed by atoms with E-state index in [0.29, 0.717) is 6.42 Å². The van der Waals surface area contributed by atoms with Crippen molar-refractivity contribution in [3.05, 3.63) is 29.6 Å². The molecule has 1 aromatic rings. The van der Waals surface area contributed by atoms with Gasteiger partial charge in [-0.15, -0.1) is 0 Å². The molecule has 1 amide bonds. The van der Waals surface area contributed by atoms with Crippen molar-refractivity contribution in [1.82, 2.24) is 5.32 Å². The highest BCUT2D eigenvalue weighted by molar-refractivity contribution is 5.98. The number of aliphatic carboxylic acids is 1. The van der Waals surface area contributed by atoms with Crippen LogP contribution in [0.4, 0.5) is 4.39 Å². The molecule has 6 heteroatoms. The molecule has 0 bridgehead atoms. The van der Waals surface area contributed by atoms with Gasteiger partial charge in [-0.25, -0.2) is 9.18 Å². The van der Waals surface area contributed by atoms with E-state index in [1.165, 1.54) is 0 Å². The number of nitrogens with one attached hydrogen (secondary N) is 1. The summed E-state index contributed by atoms with van der Waals surface area (Å²) in [6.07, 6.45) is 0.837. The molecule has 0 spiro atoms. The molecule has 0 aliphatic carbocycles. The first kappa shape index (κ1) is 14.0. The first-order chi connectivity index (χ1) is 8.45. The predicted molar refractivity (Wildman–Crippen MR) is 61.9 cm³/mol. The van der Waals surface area contributed by atoms with Crippen molar-refractivity contribution in [3.63, 3.8) is 0 Å². The average Bonchev–Trinajstić information content (AvgIpc) is 2.31. The van der Waals surface area contributed by atoms with E-state index in [-0.39, 0.29) is 12.0 Å². The van der Waals surface area contributed by atoms with Crippen LogP contribution in [0.1, 0.15) is 30.1 Å².